The van der Waals surface area contributed by atoms with Gasteiger partial charge in [-0.15, -0.1) is 11.3 Å². The summed E-state index contributed by atoms with van der Waals surface area (Å²) in [6.45, 7) is -0.208. The summed E-state index contributed by atoms with van der Waals surface area (Å²) in [5.74, 6) is 0.114. The van der Waals surface area contributed by atoms with Crippen LogP contribution in [0.15, 0.2) is 30.3 Å². The minimum absolute atomic E-state index is 0.114. The van der Waals surface area contributed by atoms with E-state index in [1.807, 2.05) is 13.0 Å². The monoisotopic (exact) mass is 351 g/mol. The summed E-state index contributed by atoms with van der Waals surface area (Å²) in [5.41, 5.74) is 1.61. The van der Waals surface area contributed by atoms with Gasteiger partial charge in [0.15, 0.2) is 0 Å². The summed E-state index contributed by atoms with van der Waals surface area (Å²) < 4.78 is 30.2. The lowest BCUT2D eigenvalue weighted by Crippen LogP contribution is -2.21. The van der Waals surface area contributed by atoms with Crippen molar-refractivity contribution in [2.45, 2.75) is 19.6 Å². The Bertz CT molecular complexity index is 606. The number of halogens is 4. The van der Waals surface area contributed by atoms with Crippen molar-refractivity contribution < 1.29 is 13.5 Å². The summed E-state index contributed by atoms with van der Waals surface area (Å²) in [6.07, 6.45) is 0. The predicted molar refractivity (Wildman–Crippen MR) is 82.9 cm³/mol. The van der Waals surface area contributed by atoms with E-state index in [9.17, 15) is 8.78 Å². The van der Waals surface area contributed by atoms with Gasteiger partial charge in [-0.2, -0.15) is 8.78 Å². The average Bonchev–Trinajstić information content (AvgIpc) is 2.74. The van der Waals surface area contributed by atoms with E-state index in [-0.39, 0.29) is 11.8 Å². The minimum atomic E-state index is -2.85. The zero-order valence-electron chi connectivity index (χ0n) is 11.1. The maximum atomic E-state index is 12.3. The number of benzene rings is 1. The number of ether oxygens (including phenoxy) is 1. The van der Waals surface area contributed by atoms with Gasteiger partial charge in [0.2, 0.25) is 0 Å². The van der Waals surface area contributed by atoms with Crippen LogP contribution in [0.25, 0.3) is 0 Å². The SMILES string of the molecule is CCNC(c1cccc(OC(F)F)c1)c1cc(Cl)sc1Cl. The molecule has 1 aromatic heterocycles. The van der Waals surface area contributed by atoms with Crippen molar-refractivity contribution in [1.82, 2.24) is 5.32 Å². The molecule has 0 aliphatic carbocycles. The highest BCUT2D eigenvalue weighted by Gasteiger charge is 2.19. The van der Waals surface area contributed by atoms with Crippen LogP contribution in [-0.2, 0) is 0 Å². The number of hydrogen-bond donors (Lipinski definition) is 1. The second-order valence-corrected chi connectivity index (χ2v) is 6.51. The number of alkyl halides is 2. The van der Waals surface area contributed by atoms with Gasteiger partial charge in [-0.25, -0.2) is 0 Å². The van der Waals surface area contributed by atoms with Crippen molar-refractivity contribution in [1.29, 1.82) is 0 Å². The second-order valence-electron chi connectivity index (χ2n) is 4.22. The quantitative estimate of drug-likeness (QED) is 0.756. The molecule has 2 rings (SSSR count). The van der Waals surface area contributed by atoms with Crippen molar-refractivity contribution in [3.8, 4) is 5.75 Å². The third-order valence-electron chi connectivity index (χ3n) is 2.82. The van der Waals surface area contributed by atoms with Crippen LogP contribution in [-0.4, -0.2) is 13.2 Å². The molecule has 0 bridgehead atoms. The van der Waals surface area contributed by atoms with Gasteiger partial charge >= 0.3 is 6.61 Å². The molecule has 2 nitrogen and oxygen atoms in total. The molecule has 7 heteroatoms. The molecule has 1 atom stereocenters. The number of hydrogen-bond acceptors (Lipinski definition) is 3. The molecule has 1 N–H and O–H groups in total. The number of nitrogens with one attached hydrogen (secondary N) is 1. The first-order valence-corrected chi connectivity index (χ1v) is 7.81. The molecular weight excluding hydrogens is 339 g/mol. The molecule has 0 spiro atoms. The highest BCUT2D eigenvalue weighted by atomic mass is 35.5. The lowest BCUT2D eigenvalue weighted by atomic mass is 10.0. The third kappa shape index (κ3) is 4.30. The molecule has 1 heterocycles. The Balaban J connectivity index is 2.36. The molecule has 0 saturated carbocycles. The van der Waals surface area contributed by atoms with E-state index in [0.29, 0.717) is 15.2 Å². The Kier molecular flexibility index (Phi) is 5.81. The Morgan fingerprint density at radius 2 is 2.05 bits per heavy atom. The van der Waals surface area contributed by atoms with E-state index in [4.69, 9.17) is 23.2 Å². The van der Waals surface area contributed by atoms with Crippen molar-refractivity contribution >= 4 is 34.5 Å². The zero-order chi connectivity index (χ0) is 15.4. The molecule has 1 aromatic carbocycles. The normalized spacial score (nSPS) is 12.7. The second kappa shape index (κ2) is 7.40. The molecule has 114 valence electrons. The minimum Gasteiger partial charge on any atom is -0.435 e. The fourth-order valence-electron chi connectivity index (χ4n) is 2.03. The van der Waals surface area contributed by atoms with Crippen LogP contribution in [0.3, 0.4) is 0 Å². The maximum absolute atomic E-state index is 12.3. The van der Waals surface area contributed by atoms with Crippen LogP contribution in [0.5, 0.6) is 5.75 Å². The number of rotatable bonds is 6. The van der Waals surface area contributed by atoms with Gasteiger partial charge in [-0.3, -0.25) is 0 Å². The summed E-state index contributed by atoms with van der Waals surface area (Å²) >= 11 is 13.4. The van der Waals surface area contributed by atoms with Crippen molar-refractivity contribution in [3.05, 3.63) is 50.1 Å². The maximum Gasteiger partial charge on any atom is 0.387 e. The van der Waals surface area contributed by atoms with Crippen LogP contribution in [0.4, 0.5) is 8.78 Å². The molecule has 1 unspecified atom stereocenters. The van der Waals surface area contributed by atoms with Gasteiger partial charge in [-0.05, 0) is 30.3 Å². The average molecular weight is 352 g/mol. The van der Waals surface area contributed by atoms with Crippen molar-refractivity contribution in [2.24, 2.45) is 0 Å². The molecular formula is C14H13Cl2F2NOS. The molecule has 0 aliphatic rings. The highest BCUT2D eigenvalue weighted by molar-refractivity contribution is 7.20. The Hall–Kier alpha value is -0.880. The van der Waals surface area contributed by atoms with Crippen molar-refractivity contribution in [3.63, 3.8) is 0 Å². The van der Waals surface area contributed by atoms with Gasteiger partial charge in [0.1, 0.15) is 5.75 Å². The van der Waals surface area contributed by atoms with Crippen molar-refractivity contribution in [2.75, 3.05) is 6.54 Å². The van der Waals surface area contributed by atoms with Gasteiger partial charge in [0.05, 0.1) is 14.7 Å². The van der Waals surface area contributed by atoms with E-state index in [2.05, 4.69) is 10.1 Å². The Morgan fingerprint density at radius 1 is 1.29 bits per heavy atom. The zero-order valence-corrected chi connectivity index (χ0v) is 13.4. The fourth-order valence-corrected chi connectivity index (χ4v) is 3.56. The molecule has 0 aliphatic heterocycles. The first-order valence-electron chi connectivity index (χ1n) is 6.24. The largest absolute Gasteiger partial charge is 0.435 e. The van der Waals surface area contributed by atoms with Gasteiger partial charge in [-0.1, -0.05) is 42.3 Å². The van der Waals surface area contributed by atoms with E-state index in [1.54, 1.807) is 18.2 Å². The van der Waals surface area contributed by atoms with Crippen LogP contribution in [0.2, 0.25) is 8.67 Å². The molecule has 0 amide bonds. The van der Waals surface area contributed by atoms with Gasteiger partial charge in [0, 0.05) is 5.56 Å². The lowest BCUT2D eigenvalue weighted by Gasteiger charge is -2.19. The van der Waals surface area contributed by atoms with Crippen LogP contribution in [0, 0.1) is 0 Å². The van der Waals surface area contributed by atoms with Gasteiger partial charge < -0.3 is 10.1 Å². The topological polar surface area (TPSA) is 21.3 Å². The molecule has 0 saturated heterocycles. The predicted octanol–water partition coefficient (Wildman–Crippen LogP) is 5.36. The Morgan fingerprint density at radius 3 is 2.62 bits per heavy atom. The first-order chi connectivity index (χ1) is 10.0. The fraction of sp³-hybridized carbons (Fsp3) is 0.286. The van der Waals surface area contributed by atoms with E-state index in [1.165, 1.54) is 17.4 Å². The summed E-state index contributed by atoms with van der Waals surface area (Å²) in [5, 5.41) is 3.27. The van der Waals surface area contributed by atoms with Gasteiger partial charge in [0.25, 0.3) is 0 Å². The molecule has 2 aromatic rings. The smallest absolute Gasteiger partial charge is 0.387 e. The van der Waals surface area contributed by atoms with Crippen LogP contribution < -0.4 is 10.1 Å². The summed E-state index contributed by atoms with van der Waals surface area (Å²) in [4.78, 5) is 0. The third-order valence-corrected chi connectivity index (χ3v) is 4.34. The van der Waals surface area contributed by atoms with E-state index in [0.717, 1.165) is 11.1 Å². The number of thiophene rings is 1. The molecule has 0 fully saturated rings. The molecule has 0 radical (unpaired) electrons. The highest BCUT2D eigenvalue weighted by Crippen LogP contribution is 2.38. The Labute approximate surface area is 135 Å². The lowest BCUT2D eigenvalue weighted by molar-refractivity contribution is -0.0498. The summed E-state index contributed by atoms with van der Waals surface area (Å²) in [6, 6.07) is 8.10. The van der Waals surface area contributed by atoms with E-state index >= 15 is 0 Å². The first kappa shape index (κ1) is 16.5. The van der Waals surface area contributed by atoms with Crippen LogP contribution >= 0.6 is 34.5 Å². The standard InChI is InChI=1S/C14H13Cl2F2NOS/c1-2-19-12(10-7-11(15)21-13(10)16)8-4-3-5-9(6-8)20-14(17)18/h3-7,12,14,19H,2H2,1H3. The van der Waals surface area contributed by atoms with E-state index < -0.39 is 6.61 Å². The van der Waals surface area contributed by atoms with Crippen LogP contribution in [0.1, 0.15) is 24.1 Å². The summed E-state index contributed by atoms with van der Waals surface area (Å²) in [7, 11) is 0. The molecule has 21 heavy (non-hydrogen) atoms.